The second kappa shape index (κ2) is 6.16. The number of hydrogen-bond donors (Lipinski definition) is 1. The van der Waals surface area contributed by atoms with E-state index < -0.39 is 0 Å². The van der Waals surface area contributed by atoms with Crippen LogP contribution in [0.3, 0.4) is 0 Å². The predicted molar refractivity (Wildman–Crippen MR) is 89.8 cm³/mol. The van der Waals surface area contributed by atoms with Gasteiger partial charge in [-0.15, -0.1) is 0 Å². The second-order valence-corrected chi connectivity index (χ2v) is 6.63. The van der Waals surface area contributed by atoms with Gasteiger partial charge in [0.25, 0.3) is 5.91 Å². The predicted octanol–water partition coefficient (Wildman–Crippen LogP) is 2.50. The summed E-state index contributed by atoms with van der Waals surface area (Å²) in [6.45, 7) is 0. The molecular weight excluding hydrogens is 326 g/mol. The van der Waals surface area contributed by atoms with E-state index in [9.17, 15) is 4.79 Å². The van der Waals surface area contributed by atoms with E-state index in [4.69, 9.17) is 0 Å². The zero-order chi connectivity index (χ0) is 16.5. The molecule has 24 heavy (non-hydrogen) atoms. The Balaban J connectivity index is 1.51. The van der Waals surface area contributed by atoms with E-state index >= 15 is 0 Å². The molecule has 0 bridgehead atoms. The fraction of sp³-hybridized carbons (Fsp3) is 0.400. The van der Waals surface area contributed by atoms with Crippen LogP contribution in [0.15, 0.2) is 24.7 Å². The van der Waals surface area contributed by atoms with E-state index in [0.717, 1.165) is 29.9 Å². The smallest absolute Gasteiger partial charge is 0.275 e. The third-order valence-corrected chi connectivity index (χ3v) is 4.81. The van der Waals surface area contributed by atoms with Crippen molar-refractivity contribution in [3.63, 3.8) is 0 Å². The van der Waals surface area contributed by atoms with E-state index in [2.05, 4.69) is 24.9 Å². The van der Waals surface area contributed by atoms with Crippen molar-refractivity contribution < 1.29 is 4.79 Å². The van der Waals surface area contributed by atoms with E-state index in [1.165, 1.54) is 12.8 Å². The van der Waals surface area contributed by atoms with Crippen molar-refractivity contribution in [3.8, 4) is 11.4 Å². The number of nitrogens with one attached hydrogen (secondary N) is 1. The third-order valence-electron chi connectivity index (χ3n) is 4.18. The Morgan fingerprint density at radius 1 is 1.33 bits per heavy atom. The lowest BCUT2D eigenvalue weighted by molar-refractivity contribution is 0.101. The molecule has 3 aromatic heterocycles. The first-order chi connectivity index (χ1) is 11.7. The van der Waals surface area contributed by atoms with Gasteiger partial charge in [-0.3, -0.25) is 19.5 Å². The standard InChI is InChI=1S/C15H17N7OS/c1-21-9-10(8-17-21)13-18-15(24-20-13)19-14(23)12-6-7-16-22(12)11-4-2-3-5-11/h6-9,11H,2-5H2,1H3,(H,18,19,20,23). The number of aryl methyl sites for hydroxylation is 1. The molecule has 0 spiro atoms. The summed E-state index contributed by atoms with van der Waals surface area (Å²) in [4.78, 5) is 16.9. The monoisotopic (exact) mass is 343 g/mol. The number of amides is 1. The van der Waals surface area contributed by atoms with Gasteiger partial charge < -0.3 is 0 Å². The van der Waals surface area contributed by atoms with Crippen molar-refractivity contribution in [1.82, 2.24) is 28.9 Å². The highest BCUT2D eigenvalue weighted by Gasteiger charge is 2.23. The summed E-state index contributed by atoms with van der Waals surface area (Å²) in [5, 5.41) is 11.7. The number of nitrogens with zero attached hydrogens (tertiary/aromatic N) is 6. The number of carbonyl (C=O) groups is 1. The molecule has 1 N–H and O–H groups in total. The molecule has 1 amide bonds. The number of anilines is 1. The summed E-state index contributed by atoms with van der Waals surface area (Å²) >= 11 is 1.16. The number of rotatable bonds is 4. The first kappa shape index (κ1) is 15.0. The molecule has 1 fully saturated rings. The Bertz CT molecular complexity index is 859. The zero-order valence-electron chi connectivity index (χ0n) is 13.2. The minimum absolute atomic E-state index is 0.201. The van der Waals surface area contributed by atoms with Crippen molar-refractivity contribution >= 4 is 22.6 Å². The molecule has 0 radical (unpaired) electrons. The van der Waals surface area contributed by atoms with Gasteiger partial charge >= 0.3 is 0 Å². The number of hydrogen-bond acceptors (Lipinski definition) is 6. The van der Waals surface area contributed by atoms with E-state index in [-0.39, 0.29) is 5.91 Å². The van der Waals surface area contributed by atoms with Gasteiger partial charge in [-0.05, 0) is 18.9 Å². The van der Waals surface area contributed by atoms with E-state index in [1.807, 2.05) is 17.9 Å². The average molecular weight is 343 g/mol. The Labute approximate surface area is 142 Å². The molecule has 8 nitrogen and oxygen atoms in total. The van der Waals surface area contributed by atoms with Gasteiger partial charge in [0.15, 0.2) is 5.82 Å². The summed E-state index contributed by atoms with van der Waals surface area (Å²) in [6.07, 6.45) is 9.74. The summed E-state index contributed by atoms with van der Waals surface area (Å²) in [7, 11) is 1.84. The Kier molecular flexibility index (Phi) is 3.85. The lowest BCUT2D eigenvalue weighted by atomic mass is 10.2. The van der Waals surface area contributed by atoms with Crippen molar-refractivity contribution in [1.29, 1.82) is 0 Å². The molecule has 4 rings (SSSR count). The maximum Gasteiger partial charge on any atom is 0.275 e. The van der Waals surface area contributed by atoms with Gasteiger partial charge in [-0.1, -0.05) is 12.8 Å². The van der Waals surface area contributed by atoms with E-state index in [0.29, 0.717) is 22.7 Å². The molecule has 0 saturated heterocycles. The molecule has 3 aromatic rings. The van der Waals surface area contributed by atoms with Crippen LogP contribution < -0.4 is 5.32 Å². The van der Waals surface area contributed by atoms with Gasteiger partial charge in [0.1, 0.15) is 5.69 Å². The number of carbonyl (C=O) groups excluding carboxylic acids is 1. The minimum atomic E-state index is -0.201. The van der Waals surface area contributed by atoms with Gasteiger partial charge in [0.2, 0.25) is 5.13 Å². The normalized spacial score (nSPS) is 15.0. The lowest BCUT2D eigenvalue weighted by Crippen LogP contribution is -2.20. The summed E-state index contributed by atoms with van der Waals surface area (Å²) in [6, 6.07) is 2.07. The largest absolute Gasteiger partial charge is 0.295 e. The Morgan fingerprint density at radius 2 is 2.17 bits per heavy atom. The van der Waals surface area contributed by atoms with Gasteiger partial charge in [-0.25, -0.2) is 0 Å². The molecule has 1 saturated carbocycles. The van der Waals surface area contributed by atoms with Crippen molar-refractivity contribution in [2.45, 2.75) is 31.7 Å². The van der Waals surface area contributed by atoms with Crippen LogP contribution in [-0.4, -0.2) is 34.8 Å². The molecule has 1 aliphatic carbocycles. The SMILES string of the molecule is Cn1cc(-c2nsc(NC(=O)c3ccnn3C3CCCC3)n2)cn1. The molecular formula is C15H17N7OS. The second-order valence-electron chi connectivity index (χ2n) is 5.88. The Morgan fingerprint density at radius 3 is 2.92 bits per heavy atom. The zero-order valence-corrected chi connectivity index (χ0v) is 14.0. The van der Waals surface area contributed by atoms with Gasteiger partial charge in [0, 0.05) is 31.0 Å². The molecule has 124 valence electrons. The van der Waals surface area contributed by atoms with Crippen LogP contribution in [0.2, 0.25) is 0 Å². The maximum atomic E-state index is 12.6. The molecule has 1 aliphatic rings. The molecule has 0 aromatic carbocycles. The first-order valence-corrected chi connectivity index (χ1v) is 8.65. The highest BCUT2D eigenvalue weighted by atomic mass is 32.1. The minimum Gasteiger partial charge on any atom is -0.295 e. The third kappa shape index (κ3) is 2.82. The lowest BCUT2D eigenvalue weighted by Gasteiger charge is -2.13. The van der Waals surface area contributed by atoms with Crippen molar-refractivity contribution in [2.24, 2.45) is 7.05 Å². The fourth-order valence-electron chi connectivity index (χ4n) is 3.02. The Hall–Kier alpha value is -2.55. The van der Waals surface area contributed by atoms with Crippen LogP contribution in [0.5, 0.6) is 0 Å². The molecule has 0 aliphatic heterocycles. The quantitative estimate of drug-likeness (QED) is 0.786. The van der Waals surface area contributed by atoms with Crippen LogP contribution >= 0.6 is 11.5 Å². The summed E-state index contributed by atoms with van der Waals surface area (Å²) in [5.74, 6) is 0.362. The van der Waals surface area contributed by atoms with Crippen LogP contribution in [0.1, 0.15) is 42.2 Å². The van der Waals surface area contributed by atoms with Gasteiger partial charge in [0.05, 0.1) is 17.8 Å². The van der Waals surface area contributed by atoms with Crippen LogP contribution in [0, 0.1) is 0 Å². The summed E-state index contributed by atoms with van der Waals surface area (Å²) in [5.41, 5.74) is 1.39. The average Bonchev–Trinajstić information content (AvgIpc) is 3.34. The number of aromatic nitrogens is 6. The van der Waals surface area contributed by atoms with Crippen LogP contribution in [-0.2, 0) is 7.05 Å². The van der Waals surface area contributed by atoms with E-state index in [1.54, 1.807) is 23.1 Å². The molecule has 9 heteroatoms. The van der Waals surface area contributed by atoms with Crippen molar-refractivity contribution in [3.05, 3.63) is 30.4 Å². The van der Waals surface area contributed by atoms with Crippen LogP contribution in [0.25, 0.3) is 11.4 Å². The maximum absolute atomic E-state index is 12.6. The summed E-state index contributed by atoms with van der Waals surface area (Å²) < 4.78 is 7.80. The highest BCUT2D eigenvalue weighted by molar-refractivity contribution is 7.10. The molecule has 0 unspecified atom stereocenters. The molecule has 0 atom stereocenters. The van der Waals surface area contributed by atoms with Crippen molar-refractivity contribution in [2.75, 3.05) is 5.32 Å². The fourth-order valence-corrected chi connectivity index (χ4v) is 3.61. The van der Waals surface area contributed by atoms with Crippen LogP contribution in [0.4, 0.5) is 5.13 Å². The molecule has 3 heterocycles. The first-order valence-electron chi connectivity index (χ1n) is 7.88. The topological polar surface area (TPSA) is 90.5 Å². The van der Waals surface area contributed by atoms with Gasteiger partial charge in [-0.2, -0.15) is 19.6 Å². The highest BCUT2D eigenvalue weighted by Crippen LogP contribution is 2.30.